The molecule has 2 fully saturated rings. The van der Waals surface area contributed by atoms with Gasteiger partial charge in [0.05, 0.1) is 17.2 Å². The van der Waals surface area contributed by atoms with Gasteiger partial charge >= 0.3 is 0 Å². The van der Waals surface area contributed by atoms with Crippen LogP contribution < -0.4 is 10.6 Å². The third kappa shape index (κ3) is 4.85. The highest BCUT2D eigenvalue weighted by atomic mass is 16.3. The van der Waals surface area contributed by atoms with E-state index in [4.69, 9.17) is 0 Å². The van der Waals surface area contributed by atoms with Gasteiger partial charge in [0.1, 0.15) is 0 Å². The summed E-state index contributed by atoms with van der Waals surface area (Å²) in [5, 5.41) is 26.3. The molecule has 2 saturated carbocycles. The summed E-state index contributed by atoms with van der Waals surface area (Å²) >= 11 is 0. The standard InChI is InChI=1S/C22H30N4O3/c27-13-14-4-6-16(7-5-14)24-21(29)19-3-1-2-15-12-23-22(26-20(15)19)25-17-8-10-18(28)11-9-17/h1-3,12,14,16-18,27-28H,4-11,13H2,(H,24,29)(H,23,25,26)/t14-,16+,17-,18-. The Morgan fingerprint density at radius 1 is 1.03 bits per heavy atom. The molecule has 0 bridgehead atoms. The first kappa shape index (κ1) is 20.0. The predicted octanol–water partition coefficient (Wildman–Crippen LogP) is 2.63. The molecule has 0 radical (unpaired) electrons. The summed E-state index contributed by atoms with van der Waals surface area (Å²) in [6, 6.07) is 5.98. The van der Waals surface area contributed by atoms with Gasteiger partial charge < -0.3 is 20.8 Å². The summed E-state index contributed by atoms with van der Waals surface area (Å²) in [7, 11) is 0. The molecule has 0 saturated heterocycles. The Balaban J connectivity index is 1.47. The van der Waals surface area contributed by atoms with Crippen LogP contribution in [0.1, 0.15) is 61.7 Å². The Kier molecular flexibility index (Phi) is 6.25. The van der Waals surface area contributed by atoms with Crippen LogP contribution in [0.15, 0.2) is 24.4 Å². The number of hydrogen-bond acceptors (Lipinski definition) is 6. The van der Waals surface area contributed by atoms with Crippen molar-refractivity contribution in [1.29, 1.82) is 0 Å². The number of hydrogen-bond donors (Lipinski definition) is 4. The van der Waals surface area contributed by atoms with E-state index in [2.05, 4.69) is 20.6 Å². The Labute approximate surface area is 170 Å². The van der Waals surface area contributed by atoms with E-state index in [1.165, 1.54) is 0 Å². The molecule has 7 nitrogen and oxygen atoms in total. The largest absolute Gasteiger partial charge is 0.396 e. The molecule has 4 rings (SSSR count). The first-order valence-electron chi connectivity index (χ1n) is 10.7. The molecule has 2 aliphatic carbocycles. The van der Waals surface area contributed by atoms with Gasteiger partial charge in [0.25, 0.3) is 5.91 Å². The number of nitrogens with zero attached hydrogens (tertiary/aromatic N) is 2. The van der Waals surface area contributed by atoms with Crippen LogP contribution in [0.4, 0.5) is 5.95 Å². The molecule has 29 heavy (non-hydrogen) atoms. The second-order valence-corrected chi connectivity index (χ2v) is 8.46. The van der Waals surface area contributed by atoms with Crippen molar-refractivity contribution < 1.29 is 15.0 Å². The van der Waals surface area contributed by atoms with Gasteiger partial charge in [-0.05, 0) is 63.4 Å². The molecule has 0 unspecified atom stereocenters. The average molecular weight is 399 g/mol. The number of amides is 1. The number of carbonyl (C=O) groups excluding carboxylic acids is 1. The molecular weight excluding hydrogens is 368 g/mol. The van der Waals surface area contributed by atoms with Crippen molar-refractivity contribution in [2.45, 2.75) is 69.6 Å². The lowest BCUT2D eigenvalue weighted by molar-refractivity contribution is 0.0915. The molecule has 1 aromatic heterocycles. The van der Waals surface area contributed by atoms with Crippen LogP contribution >= 0.6 is 0 Å². The van der Waals surface area contributed by atoms with Crippen molar-refractivity contribution in [3.63, 3.8) is 0 Å². The number of para-hydroxylation sites is 1. The van der Waals surface area contributed by atoms with Crippen LogP contribution in [-0.2, 0) is 0 Å². The van der Waals surface area contributed by atoms with Crippen molar-refractivity contribution in [3.05, 3.63) is 30.0 Å². The first-order valence-corrected chi connectivity index (χ1v) is 10.7. The average Bonchev–Trinajstić information content (AvgIpc) is 2.75. The number of aromatic nitrogens is 2. The molecule has 2 aliphatic rings. The van der Waals surface area contributed by atoms with Gasteiger partial charge in [-0.15, -0.1) is 0 Å². The SMILES string of the molecule is O=C(N[C@H]1CC[C@@H](CO)CC1)c1cccc2cnc(N[C@H]3CC[C@H](O)CC3)nc12. The van der Waals surface area contributed by atoms with Crippen molar-refractivity contribution in [2.75, 3.05) is 11.9 Å². The zero-order chi connectivity index (χ0) is 20.2. The Hall–Kier alpha value is -2.25. The van der Waals surface area contributed by atoms with Crippen molar-refractivity contribution in [2.24, 2.45) is 5.92 Å². The fraction of sp³-hybridized carbons (Fsp3) is 0.591. The van der Waals surface area contributed by atoms with Gasteiger partial charge in [-0.25, -0.2) is 9.97 Å². The zero-order valence-electron chi connectivity index (χ0n) is 16.7. The van der Waals surface area contributed by atoms with Crippen molar-refractivity contribution >= 4 is 22.8 Å². The molecule has 1 heterocycles. The van der Waals surface area contributed by atoms with E-state index in [9.17, 15) is 15.0 Å². The Bertz CT molecular complexity index is 843. The Morgan fingerprint density at radius 2 is 1.76 bits per heavy atom. The minimum absolute atomic E-state index is 0.103. The van der Waals surface area contributed by atoms with Gasteiger partial charge in [-0.3, -0.25) is 4.79 Å². The maximum absolute atomic E-state index is 12.9. The highest BCUT2D eigenvalue weighted by Crippen LogP contribution is 2.25. The number of rotatable bonds is 5. The fourth-order valence-electron chi connectivity index (χ4n) is 4.46. The summed E-state index contributed by atoms with van der Waals surface area (Å²) in [5.74, 6) is 0.791. The molecule has 1 amide bonds. The molecular formula is C22H30N4O3. The van der Waals surface area contributed by atoms with Crippen molar-refractivity contribution in [3.8, 4) is 0 Å². The maximum Gasteiger partial charge on any atom is 0.253 e. The lowest BCUT2D eigenvalue weighted by Crippen LogP contribution is -2.38. The van der Waals surface area contributed by atoms with E-state index in [1.54, 1.807) is 6.20 Å². The summed E-state index contributed by atoms with van der Waals surface area (Å²) < 4.78 is 0. The zero-order valence-corrected chi connectivity index (χ0v) is 16.7. The van der Waals surface area contributed by atoms with Gasteiger partial charge in [0, 0.05) is 30.3 Å². The molecule has 4 N–H and O–H groups in total. The summed E-state index contributed by atoms with van der Waals surface area (Å²) in [4.78, 5) is 22.0. The third-order valence-corrected chi connectivity index (χ3v) is 6.33. The number of carbonyl (C=O) groups is 1. The summed E-state index contributed by atoms with van der Waals surface area (Å²) in [6.45, 7) is 0.233. The number of anilines is 1. The van der Waals surface area contributed by atoms with Gasteiger partial charge in [-0.2, -0.15) is 0 Å². The van der Waals surface area contributed by atoms with Crippen LogP contribution in [0.5, 0.6) is 0 Å². The van der Waals surface area contributed by atoms with Crippen LogP contribution in [0, 0.1) is 5.92 Å². The van der Waals surface area contributed by atoms with E-state index in [1.807, 2.05) is 18.2 Å². The number of fused-ring (bicyclic) bond motifs is 1. The summed E-state index contributed by atoms with van der Waals surface area (Å²) in [5.41, 5.74) is 1.22. The number of aliphatic hydroxyl groups is 2. The smallest absolute Gasteiger partial charge is 0.253 e. The topological polar surface area (TPSA) is 107 Å². The first-order chi connectivity index (χ1) is 14.1. The van der Waals surface area contributed by atoms with E-state index >= 15 is 0 Å². The second kappa shape index (κ2) is 9.05. The van der Waals surface area contributed by atoms with Crippen LogP contribution in [0.25, 0.3) is 10.9 Å². The maximum atomic E-state index is 12.9. The van der Waals surface area contributed by atoms with E-state index < -0.39 is 0 Å². The molecule has 156 valence electrons. The quantitative estimate of drug-likeness (QED) is 0.617. The van der Waals surface area contributed by atoms with Gasteiger partial charge in [0.2, 0.25) is 5.95 Å². The van der Waals surface area contributed by atoms with Crippen LogP contribution in [0.3, 0.4) is 0 Å². The van der Waals surface area contributed by atoms with E-state index in [-0.39, 0.29) is 30.7 Å². The van der Waals surface area contributed by atoms with Gasteiger partial charge in [0.15, 0.2) is 0 Å². The fourth-order valence-corrected chi connectivity index (χ4v) is 4.46. The molecule has 0 spiro atoms. The molecule has 7 heteroatoms. The number of aliphatic hydroxyl groups excluding tert-OH is 2. The highest BCUT2D eigenvalue weighted by molar-refractivity contribution is 6.05. The summed E-state index contributed by atoms with van der Waals surface area (Å²) in [6.07, 6.45) is 8.61. The van der Waals surface area contributed by atoms with E-state index in [0.29, 0.717) is 22.9 Å². The lowest BCUT2D eigenvalue weighted by Gasteiger charge is -2.28. The third-order valence-electron chi connectivity index (χ3n) is 6.33. The minimum atomic E-state index is -0.201. The normalized spacial score (nSPS) is 27.5. The molecule has 1 aromatic carbocycles. The number of nitrogens with one attached hydrogen (secondary N) is 2. The minimum Gasteiger partial charge on any atom is -0.396 e. The second-order valence-electron chi connectivity index (χ2n) is 8.46. The van der Waals surface area contributed by atoms with Crippen LogP contribution in [0.2, 0.25) is 0 Å². The molecule has 2 aromatic rings. The number of benzene rings is 1. The highest BCUT2D eigenvalue weighted by Gasteiger charge is 2.24. The monoisotopic (exact) mass is 398 g/mol. The van der Waals surface area contributed by atoms with E-state index in [0.717, 1.165) is 56.8 Å². The van der Waals surface area contributed by atoms with Crippen molar-refractivity contribution in [1.82, 2.24) is 15.3 Å². The predicted molar refractivity (Wildman–Crippen MR) is 112 cm³/mol. The van der Waals surface area contributed by atoms with Crippen LogP contribution in [-0.4, -0.2) is 50.9 Å². The van der Waals surface area contributed by atoms with Gasteiger partial charge in [-0.1, -0.05) is 12.1 Å². The molecule has 0 atom stereocenters. The Morgan fingerprint density at radius 3 is 2.48 bits per heavy atom. The molecule has 0 aliphatic heterocycles. The lowest BCUT2D eigenvalue weighted by atomic mass is 9.86.